The first-order valence-corrected chi connectivity index (χ1v) is 6.05. The highest BCUT2D eigenvalue weighted by atomic mass is 16.6. The number of carbonyl (C=O) groups excluding carboxylic acids is 1. The third-order valence-corrected chi connectivity index (χ3v) is 2.47. The van der Waals surface area contributed by atoms with Gasteiger partial charge in [0.1, 0.15) is 0 Å². The third kappa shape index (κ3) is 3.68. The van der Waals surface area contributed by atoms with Gasteiger partial charge >= 0.3 is 11.7 Å². The van der Waals surface area contributed by atoms with E-state index < -0.39 is 17.0 Å². The molecule has 0 fully saturated rings. The van der Waals surface area contributed by atoms with Crippen molar-refractivity contribution in [2.24, 2.45) is 0 Å². The molecule has 0 spiro atoms. The number of nitro benzene ring substituents is 1. The Morgan fingerprint density at radius 2 is 2.20 bits per heavy atom. The number of esters is 1. The molecule has 0 saturated heterocycles. The van der Waals surface area contributed by atoms with E-state index >= 15 is 0 Å². The van der Waals surface area contributed by atoms with Crippen molar-refractivity contribution in [3.05, 3.63) is 33.9 Å². The molecule has 1 aromatic rings. The van der Waals surface area contributed by atoms with Crippen LogP contribution in [0.5, 0.6) is 5.75 Å². The molecule has 7 nitrogen and oxygen atoms in total. The van der Waals surface area contributed by atoms with Crippen molar-refractivity contribution in [2.75, 3.05) is 6.61 Å². The van der Waals surface area contributed by atoms with Crippen molar-refractivity contribution >= 4 is 11.7 Å². The molecule has 106 valence electrons. The molecular weight excluding hydrogens is 264 g/mol. The lowest BCUT2D eigenvalue weighted by Gasteiger charge is -2.15. The number of rotatable bonds is 6. The summed E-state index contributed by atoms with van der Waals surface area (Å²) in [5, 5.41) is 19.7. The summed E-state index contributed by atoms with van der Waals surface area (Å²) >= 11 is 0. The van der Waals surface area contributed by atoms with Crippen LogP contribution in [0.25, 0.3) is 0 Å². The molecule has 0 bridgehead atoms. The Kier molecular flexibility index (Phi) is 5.47. The maximum Gasteiger partial charge on any atom is 0.347 e. The highest BCUT2D eigenvalue weighted by molar-refractivity contribution is 5.75. The van der Waals surface area contributed by atoms with Crippen molar-refractivity contribution < 1.29 is 19.2 Å². The van der Waals surface area contributed by atoms with Crippen LogP contribution in [0.1, 0.15) is 25.8 Å². The van der Waals surface area contributed by atoms with Crippen LogP contribution in [-0.4, -0.2) is 23.6 Å². The molecule has 0 radical (unpaired) electrons. The summed E-state index contributed by atoms with van der Waals surface area (Å²) in [5.74, 6) is -0.637. The van der Waals surface area contributed by atoms with Crippen molar-refractivity contribution in [3.8, 4) is 11.8 Å². The van der Waals surface area contributed by atoms with Gasteiger partial charge in [-0.25, -0.2) is 4.79 Å². The molecule has 20 heavy (non-hydrogen) atoms. The fourth-order valence-electron chi connectivity index (χ4n) is 1.52. The molecule has 0 aliphatic heterocycles. The summed E-state index contributed by atoms with van der Waals surface area (Å²) in [6.07, 6.45) is -0.600. The maximum absolute atomic E-state index is 11.6. The van der Waals surface area contributed by atoms with E-state index in [1.54, 1.807) is 13.8 Å². The van der Waals surface area contributed by atoms with Gasteiger partial charge in [0, 0.05) is 6.07 Å². The van der Waals surface area contributed by atoms with Gasteiger partial charge in [-0.2, -0.15) is 5.26 Å². The first kappa shape index (κ1) is 15.4. The fraction of sp³-hybridized carbons (Fsp3) is 0.385. The van der Waals surface area contributed by atoms with E-state index in [1.165, 1.54) is 12.1 Å². The number of nitriles is 1. The van der Waals surface area contributed by atoms with Crippen LogP contribution < -0.4 is 4.74 Å². The molecule has 0 saturated carbocycles. The average molecular weight is 278 g/mol. The van der Waals surface area contributed by atoms with Gasteiger partial charge in [-0.3, -0.25) is 10.1 Å². The number of carbonyl (C=O) groups is 1. The van der Waals surface area contributed by atoms with E-state index in [4.69, 9.17) is 14.7 Å². The third-order valence-electron chi connectivity index (χ3n) is 2.47. The summed E-state index contributed by atoms with van der Waals surface area (Å²) in [4.78, 5) is 21.9. The Morgan fingerprint density at radius 3 is 2.70 bits per heavy atom. The van der Waals surface area contributed by atoms with Gasteiger partial charge in [0.2, 0.25) is 0 Å². The summed E-state index contributed by atoms with van der Waals surface area (Å²) < 4.78 is 10.2. The van der Waals surface area contributed by atoms with Crippen molar-refractivity contribution in [1.82, 2.24) is 0 Å². The Morgan fingerprint density at radius 1 is 1.50 bits per heavy atom. The van der Waals surface area contributed by atoms with Gasteiger partial charge in [0.15, 0.2) is 11.9 Å². The van der Waals surface area contributed by atoms with Gasteiger partial charge in [0.25, 0.3) is 0 Å². The summed E-state index contributed by atoms with van der Waals surface area (Å²) in [5.41, 5.74) is -0.208. The second kappa shape index (κ2) is 7.09. The van der Waals surface area contributed by atoms with Gasteiger partial charge in [-0.15, -0.1) is 0 Å². The number of benzene rings is 1. The molecule has 1 rings (SSSR count). The molecular formula is C13H14N2O5. The van der Waals surface area contributed by atoms with Crippen LogP contribution in [0.15, 0.2) is 18.2 Å². The number of ether oxygens (including phenoxy) is 2. The van der Waals surface area contributed by atoms with E-state index in [0.717, 1.165) is 6.07 Å². The van der Waals surface area contributed by atoms with Gasteiger partial charge in [0.05, 0.1) is 23.2 Å². The standard InChI is InChI=1S/C13H14N2O5/c1-3-11(13(16)19-4-2)20-12-6-5-9(8-14)7-10(12)15(17)18/h5-7,11H,3-4H2,1-2H3. The number of hydrogen-bond acceptors (Lipinski definition) is 6. The van der Waals surface area contributed by atoms with Crippen LogP contribution >= 0.6 is 0 Å². The van der Waals surface area contributed by atoms with Crippen LogP contribution in [0.3, 0.4) is 0 Å². The molecule has 0 heterocycles. The lowest BCUT2D eigenvalue weighted by molar-refractivity contribution is -0.386. The van der Waals surface area contributed by atoms with Crippen molar-refractivity contribution in [1.29, 1.82) is 5.26 Å². The van der Waals surface area contributed by atoms with E-state index in [0.29, 0.717) is 6.42 Å². The topological polar surface area (TPSA) is 102 Å². The largest absolute Gasteiger partial charge is 0.472 e. The van der Waals surface area contributed by atoms with E-state index in [-0.39, 0.29) is 23.6 Å². The van der Waals surface area contributed by atoms with Crippen LogP contribution in [0, 0.1) is 21.4 Å². The molecule has 0 aliphatic carbocycles. The summed E-state index contributed by atoms with van der Waals surface area (Å²) in [6, 6.07) is 5.61. The predicted molar refractivity (Wildman–Crippen MR) is 69.2 cm³/mol. The van der Waals surface area contributed by atoms with E-state index in [1.807, 2.05) is 6.07 Å². The monoisotopic (exact) mass is 278 g/mol. The highest BCUT2D eigenvalue weighted by Gasteiger charge is 2.24. The summed E-state index contributed by atoms with van der Waals surface area (Å²) in [7, 11) is 0. The van der Waals surface area contributed by atoms with E-state index in [2.05, 4.69) is 0 Å². The minimum absolute atomic E-state index is 0.0612. The maximum atomic E-state index is 11.6. The number of hydrogen-bond donors (Lipinski definition) is 0. The zero-order chi connectivity index (χ0) is 15.1. The smallest absolute Gasteiger partial charge is 0.347 e. The van der Waals surface area contributed by atoms with Crippen LogP contribution in [-0.2, 0) is 9.53 Å². The van der Waals surface area contributed by atoms with Gasteiger partial charge in [-0.05, 0) is 25.5 Å². The molecule has 0 N–H and O–H groups in total. The second-order valence-corrected chi connectivity index (χ2v) is 3.82. The molecule has 0 aromatic heterocycles. The molecule has 1 unspecified atom stereocenters. The van der Waals surface area contributed by atoms with Crippen LogP contribution in [0.2, 0.25) is 0 Å². The molecule has 0 amide bonds. The Balaban J connectivity index is 3.04. The van der Waals surface area contributed by atoms with Gasteiger partial charge in [-0.1, -0.05) is 6.92 Å². The Bertz CT molecular complexity index is 550. The quantitative estimate of drug-likeness (QED) is 0.449. The fourth-order valence-corrected chi connectivity index (χ4v) is 1.52. The first-order valence-electron chi connectivity index (χ1n) is 6.05. The highest BCUT2D eigenvalue weighted by Crippen LogP contribution is 2.29. The molecule has 7 heteroatoms. The van der Waals surface area contributed by atoms with Crippen molar-refractivity contribution in [2.45, 2.75) is 26.4 Å². The Hall–Kier alpha value is -2.62. The summed E-state index contributed by atoms with van der Waals surface area (Å²) in [6.45, 7) is 3.57. The molecule has 1 aromatic carbocycles. The number of nitrogens with zero attached hydrogens (tertiary/aromatic N) is 2. The van der Waals surface area contributed by atoms with E-state index in [9.17, 15) is 14.9 Å². The number of nitro groups is 1. The lowest BCUT2D eigenvalue weighted by atomic mass is 10.2. The average Bonchev–Trinajstić information content (AvgIpc) is 2.44. The van der Waals surface area contributed by atoms with Crippen molar-refractivity contribution in [3.63, 3.8) is 0 Å². The predicted octanol–water partition coefficient (Wildman–Crippen LogP) is 2.19. The molecule has 0 aliphatic rings. The Labute approximate surface area is 115 Å². The second-order valence-electron chi connectivity index (χ2n) is 3.82. The SMILES string of the molecule is CCOC(=O)C(CC)Oc1ccc(C#N)cc1[N+](=O)[O-]. The van der Waals surface area contributed by atoms with Gasteiger partial charge < -0.3 is 9.47 Å². The zero-order valence-electron chi connectivity index (χ0n) is 11.2. The first-order chi connectivity index (χ1) is 9.53. The zero-order valence-corrected chi connectivity index (χ0v) is 11.2. The molecule has 1 atom stereocenters. The van der Waals surface area contributed by atoms with Crippen LogP contribution in [0.4, 0.5) is 5.69 Å². The minimum Gasteiger partial charge on any atom is -0.472 e. The normalized spacial score (nSPS) is 11.2. The lowest BCUT2D eigenvalue weighted by Crippen LogP contribution is -2.28. The minimum atomic E-state index is -0.915.